The van der Waals surface area contributed by atoms with Crippen LogP contribution in [0.5, 0.6) is 5.75 Å². The maximum atomic E-state index is 13.6. The summed E-state index contributed by atoms with van der Waals surface area (Å²) in [7, 11) is 0. The van der Waals surface area contributed by atoms with E-state index >= 15 is 0 Å². The van der Waals surface area contributed by atoms with Crippen molar-refractivity contribution in [1.29, 1.82) is 0 Å². The molecule has 0 unspecified atom stereocenters. The SMILES string of the molecule is Cc1ccc(C(=O)OCc2cc(F)cc3c2OCOC3)cc1F. The number of hydrogen-bond acceptors (Lipinski definition) is 4. The zero-order valence-electron chi connectivity index (χ0n) is 12.4. The predicted molar refractivity (Wildman–Crippen MR) is 76.9 cm³/mol. The van der Waals surface area contributed by atoms with Gasteiger partial charge in [-0.05, 0) is 36.8 Å². The fraction of sp³-hybridized carbons (Fsp3) is 0.235. The van der Waals surface area contributed by atoms with Crippen LogP contribution in [0.1, 0.15) is 27.0 Å². The summed E-state index contributed by atoms with van der Waals surface area (Å²) in [5.41, 5.74) is 1.50. The van der Waals surface area contributed by atoms with Crippen molar-refractivity contribution in [3.8, 4) is 5.75 Å². The van der Waals surface area contributed by atoms with Gasteiger partial charge >= 0.3 is 5.97 Å². The molecule has 0 aromatic heterocycles. The van der Waals surface area contributed by atoms with E-state index in [9.17, 15) is 13.6 Å². The lowest BCUT2D eigenvalue weighted by molar-refractivity contribution is -0.0183. The highest BCUT2D eigenvalue weighted by molar-refractivity contribution is 5.89. The first-order chi connectivity index (χ1) is 11.0. The summed E-state index contributed by atoms with van der Waals surface area (Å²) in [6.07, 6.45) is 0. The van der Waals surface area contributed by atoms with Crippen LogP contribution in [0, 0.1) is 18.6 Å². The van der Waals surface area contributed by atoms with E-state index in [1.165, 1.54) is 24.3 Å². The predicted octanol–water partition coefficient (Wildman–Crippen LogP) is 3.50. The van der Waals surface area contributed by atoms with E-state index < -0.39 is 17.6 Å². The molecule has 0 bridgehead atoms. The van der Waals surface area contributed by atoms with Crippen LogP contribution in [-0.4, -0.2) is 12.8 Å². The third-order valence-electron chi connectivity index (χ3n) is 3.52. The first kappa shape index (κ1) is 15.4. The van der Waals surface area contributed by atoms with Crippen LogP contribution >= 0.6 is 0 Å². The van der Waals surface area contributed by atoms with Crippen LogP contribution in [0.3, 0.4) is 0 Å². The topological polar surface area (TPSA) is 44.8 Å². The van der Waals surface area contributed by atoms with Gasteiger partial charge in [-0.2, -0.15) is 0 Å². The molecule has 2 aromatic carbocycles. The zero-order chi connectivity index (χ0) is 16.4. The highest BCUT2D eigenvalue weighted by Gasteiger charge is 2.18. The Morgan fingerprint density at radius 1 is 1.26 bits per heavy atom. The van der Waals surface area contributed by atoms with Gasteiger partial charge in [0.25, 0.3) is 0 Å². The highest BCUT2D eigenvalue weighted by atomic mass is 19.1. The summed E-state index contributed by atoms with van der Waals surface area (Å²) in [5.74, 6) is -1.18. The molecular weight excluding hydrogens is 306 g/mol. The molecule has 0 amide bonds. The largest absolute Gasteiger partial charge is 0.467 e. The van der Waals surface area contributed by atoms with E-state index in [0.29, 0.717) is 22.4 Å². The van der Waals surface area contributed by atoms with Crippen molar-refractivity contribution in [2.24, 2.45) is 0 Å². The number of carbonyl (C=O) groups excluding carboxylic acids is 1. The van der Waals surface area contributed by atoms with Crippen molar-refractivity contribution in [1.82, 2.24) is 0 Å². The fourth-order valence-electron chi connectivity index (χ4n) is 2.31. The summed E-state index contributed by atoms with van der Waals surface area (Å²) in [5, 5.41) is 0. The van der Waals surface area contributed by atoms with Crippen molar-refractivity contribution in [2.75, 3.05) is 6.79 Å². The van der Waals surface area contributed by atoms with E-state index in [1.54, 1.807) is 6.92 Å². The lowest BCUT2D eigenvalue weighted by atomic mass is 10.1. The molecule has 1 heterocycles. The zero-order valence-corrected chi connectivity index (χ0v) is 12.4. The first-order valence-corrected chi connectivity index (χ1v) is 6.99. The van der Waals surface area contributed by atoms with Gasteiger partial charge in [0.1, 0.15) is 24.0 Å². The molecule has 0 fully saturated rings. The molecule has 23 heavy (non-hydrogen) atoms. The second-order valence-corrected chi connectivity index (χ2v) is 5.20. The van der Waals surface area contributed by atoms with Crippen LogP contribution < -0.4 is 4.74 Å². The molecule has 0 radical (unpaired) electrons. The van der Waals surface area contributed by atoms with Gasteiger partial charge < -0.3 is 14.2 Å². The standard InChI is InChI=1S/C17H14F2O4/c1-10-2-3-11(6-15(10)19)17(20)22-8-13-5-14(18)4-12-7-21-9-23-16(12)13/h2-6H,7-9H2,1H3. The van der Waals surface area contributed by atoms with E-state index in [1.807, 2.05) is 0 Å². The lowest BCUT2D eigenvalue weighted by Gasteiger charge is -2.20. The molecule has 0 aliphatic carbocycles. The highest BCUT2D eigenvalue weighted by Crippen LogP contribution is 2.30. The maximum Gasteiger partial charge on any atom is 0.338 e. The number of aryl methyl sites for hydroxylation is 1. The third-order valence-corrected chi connectivity index (χ3v) is 3.52. The Morgan fingerprint density at radius 3 is 2.87 bits per heavy atom. The van der Waals surface area contributed by atoms with Gasteiger partial charge in [0.15, 0.2) is 6.79 Å². The Labute approximate surface area is 131 Å². The molecule has 3 rings (SSSR count). The molecule has 1 aliphatic heterocycles. The lowest BCUT2D eigenvalue weighted by Crippen LogP contribution is -2.15. The number of ether oxygens (including phenoxy) is 3. The number of carbonyl (C=O) groups is 1. The molecule has 0 saturated carbocycles. The molecular formula is C17H14F2O4. The van der Waals surface area contributed by atoms with E-state index in [2.05, 4.69) is 0 Å². The van der Waals surface area contributed by atoms with Gasteiger partial charge in [-0.25, -0.2) is 13.6 Å². The van der Waals surface area contributed by atoms with Crippen molar-refractivity contribution in [2.45, 2.75) is 20.1 Å². The van der Waals surface area contributed by atoms with Crippen LogP contribution in [0.25, 0.3) is 0 Å². The number of hydrogen-bond donors (Lipinski definition) is 0. The summed E-state index contributed by atoms with van der Waals surface area (Å²) >= 11 is 0. The van der Waals surface area contributed by atoms with Crippen molar-refractivity contribution in [3.05, 3.63) is 64.2 Å². The smallest absolute Gasteiger partial charge is 0.338 e. The second kappa shape index (κ2) is 6.34. The maximum absolute atomic E-state index is 13.6. The quantitative estimate of drug-likeness (QED) is 0.812. The number of esters is 1. The monoisotopic (exact) mass is 320 g/mol. The summed E-state index contributed by atoms with van der Waals surface area (Å²) < 4.78 is 42.7. The summed E-state index contributed by atoms with van der Waals surface area (Å²) in [4.78, 5) is 12.0. The van der Waals surface area contributed by atoms with Crippen molar-refractivity contribution >= 4 is 5.97 Å². The molecule has 0 atom stereocenters. The van der Waals surface area contributed by atoms with Crippen molar-refractivity contribution < 1.29 is 27.8 Å². The Hall–Kier alpha value is -2.47. The van der Waals surface area contributed by atoms with Crippen molar-refractivity contribution in [3.63, 3.8) is 0 Å². The van der Waals surface area contributed by atoms with E-state index in [4.69, 9.17) is 14.2 Å². The van der Waals surface area contributed by atoms with Gasteiger partial charge in [-0.15, -0.1) is 0 Å². The van der Waals surface area contributed by atoms with E-state index in [0.717, 1.165) is 6.07 Å². The molecule has 0 saturated heterocycles. The molecule has 1 aliphatic rings. The molecule has 4 nitrogen and oxygen atoms in total. The van der Waals surface area contributed by atoms with Gasteiger partial charge in [0.2, 0.25) is 0 Å². The molecule has 0 N–H and O–H groups in total. The Bertz CT molecular complexity index is 758. The van der Waals surface area contributed by atoms with Crippen LogP contribution in [-0.2, 0) is 22.7 Å². The number of benzene rings is 2. The Balaban J connectivity index is 1.76. The Kier molecular flexibility index (Phi) is 4.25. The third kappa shape index (κ3) is 3.32. The average Bonchev–Trinajstić information content (AvgIpc) is 2.54. The van der Waals surface area contributed by atoms with E-state index in [-0.39, 0.29) is 25.6 Å². The second-order valence-electron chi connectivity index (χ2n) is 5.20. The molecule has 120 valence electrons. The molecule has 2 aromatic rings. The summed E-state index contributed by atoms with van der Waals surface area (Å²) in [6, 6.07) is 6.65. The summed E-state index contributed by atoms with van der Waals surface area (Å²) in [6.45, 7) is 1.72. The van der Waals surface area contributed by atoms with Gasteiger partial charge in [0.05, 0.1) is 12.2 Å². The number of rotatable bonds is 3. The number of fused-ring (bicyclic) bond motifs is 1. The fourth-order valence-corrected chi connectivity index (χ4v) is 2.31. The van der Waals surface area contributed by atoms with Crippen LogP contribution in [0.4, 0.5) is 8.78 Å². The van der Waals surface area contributed by atoms with Gasteiger partial charge in [0, 0.05) is 11.1 Å². The Morgan fingerprint density at radius 2 is 2.09 bits per heavy atom. The minimum atomic E-state index is -0.686. The first-order valence-electron chi connectivity index (χ1n) is 6.99. The minimum absolute atomic E-state index is 0.0583. The van der Waals surface area contributed by atoms with Crippen LogP contribution in [0.15, 0.2) is 30.3 Å². The molecule has 6 heteroatoms. The minimum Gasteiger partial charge on any atom is -0.467 e. The van der Waals surface area contributed by atoms with Gasteiger partial charge in [-0.1, -0.05) is 6.07 Å². The molecule has 0 spiro atoms. The number of halogens is 2. The van der Waals surface area contributed by atoms with Crippen LogP contribution in [0.2, 0.25) is 0 Å². The average molecular weight is 320 g/mol. The van der Waals surface area contributed by atoms with Gasteiger partial charge in [-0.3, -0.25) is 0 Å². The normalized spacial score (nSPS) is 13.2.